The van der Waals surface area contributed by atoms with Gasteiger partial charge < -0.3 is 19.9 Å². The Kier molecular flexibility index (Phi) is 2.51. The second kappa shape index (κ2) is 3.41. The van der Waals surface area contributed by atoms with Gasteiger partial charge in [-0.1, -0.05) is 0 Å². The lowest BCUT2D eigenvalue weighted by Gasteiger charge is -2.34. The molecule has 2 atom stereocenters. The first-order valence-electron chi connectivity index (χ1n) is 3.68. The van der Waals surface area contributed by atoms with Gasteiger partial charge in [0.2, 0.25) is 0 Å². The molecule has 1 fully saturated rings. The Hall–Kier alpha value is -1.28. The van der Waals surface area contributed by atoms with Crippen molar-refractivity contribution in [2.45, 2.75) is 12.5 Å². The molecule has 0 radical (unpaired) electrons. The van der Waals surface area contributed by atoms with Crippen molar-refractivity contribution in [2.24, 2.45) is 5.92 Å². The van der Waals surface area contributed by atoms with Gasteiger partial charge in [-0.25, -0.2) is 0 Å². The Labute approximate surface area is 69.8 Å². The highest BCUT2D eigenvalue weighted by Gasteiger charge is 2.27. The van der Waals surface area contributed by atoms with E-state index in [9.17, 15) is 15.0 Å². The Morgan fingerprint density at radius 3 is 2.83 bits per heavy atom. The first-order chi connectivity index (χ1) is 5.65. The zero-order valence-electron chi connectivity index (χ0n) is 6.43. The highest BCUT2D eigenvalue weighted by molar-refractivity contribution is 5.62. The molecule has 1 aliphatic heterocycles. The molecule has 1 N–H and O–H groups in total. The fraction of sp³-hybridized carbons (Fsp3) is 0.714. The van der Waals surface area contributed by atoms with E-state index in [4.69, 9.17) is 5.26 Å². The van der Waals surface area contributed by atoms with Gasteiger partial charge >= 0.3 is 0 Å². The quantitative estimate of drug-likeness (QED) is 0.480. The van der Waals surface area contributed by atoms with Gasteiger partial charge in [-0.05, 0) is 6.42 Å². The van der Waals surface area contributed by atoms with E-state index >= 15 is 0 Å². The number of hydrogen-bond acceptors (Lipinski definition) is 4. The number of nitriles is 1. The van der Waals surface area contributed by atoms with Crippen LogP contribution in [0.15, 0.2) is 0 Å². The topological polar surface area (TPSA) is 87.4 Å². The summed E-state index contributed by atoms with van der Waals surface area (Å²) < 4.78 is 0. The molecule has 0 bridgehead atoms. The van der Waals surface area contributed by atoms with Crippen LogP contribution in [0.4, 0.5) is 4.79 Å². The van der Waals surface area contributed by atoms with Crippen molar-refractivity contribution >= 4 is 6.09 Å². The van der Waals surface area contributed by atoms with E-state index in [1.807, 2.05) is 6.07 Å². The highest BCUT2D eigenvalue weighted by Crippen LogP contribution is 2.16. The van der Waals surface area contributed by atoms with Gasteiger partial charge in [-0.15, -0.1) is 0 Å². The number of likely N-dealkylation sites (tertiary alicyclic amines) is 1. The summed E-state index contributed by atoms with van der Waals surface area (Å²) in [5.74, 6) is -0.444. The van der Waals surface area contributed by atoms with Crippen molar-refractivity contribution < 1.29 is 15.0 Å². The average molecular weight is 169 g/mol. The zero-order valence-corrected chi connectivity index (χ0v) is 6.43. The zero-order chi connectivity index (χ0) is 9.14. The molecule has 1 heterocycles. The Morgan fingerprint density at radius 2 is 2.42 bits per heavy atom. The van der Waals surface area contributed by atoms with Crippen LogP contribution < -0.4 is 5.11 Å². The van der Waals surface area contributed by atoms with Gasteiger partial charge in [0, 0.05) is 13.1 Å². The van der Waals surface area contributed by atoms with Crippen molar-refractivity contribution in [3.05, 3.63) is 0 Å². The maximum Gasteiger partial charge on any atom is 0.137 e. The third-order valence-electron chi connectivity index (χ3n) is 2.01. The molecule has 5 nitrogen and oxygen atoms in total. The summed E-state index contributed by atoms with van der Waals surface area (Å²) >= 11 is 0. The molecule has 1 aliphatic rings. The number of hydrogen-bond donors (Lipinski definition) is 1. The van der Waals surface area contributed by atoms with Gasteiger partial charge in [-0.3, -0.25) is 0 Å². The van der Waals surface area contributed by atoms with E-state index in [1.165, 1.54) is 0 Å². The van der Waals surface area contributed by atoms with Crippen LogP contribution in [-0.2, 0) is 0 Å². The second-order valence-electron chi connectivity index (χ2n) is 2.80. The summed E-state index contributed by atoms with van der Waals surface area (Å²) in [5, 5.41) is 28.0. The number of nitrogens with zero attached hydrogens (tertiary/aromatic N) is 2. The molecule has 0 aliphatic carbocycles. The first-order valence-corrected chi connectivity index (χ1v) is 3.68. The van der Waals surface area contributed by atoms with E-state index in [1.54, 1.807) is 0 Å². The van der Waals surface area contributed by atoms with Crippen molar-refractivity contribution in [1.29, 1.82) is 5.26 Å². The predicted octanol–water partition coefficient (Wildman–Crippen LogP) is -1.46. The molecule has 12 heavy (non-hydrogen) atoms. The molecule has 1 amide bonds. The predicted molar refractivity (Wildman–Crippen MR) is 36.7 cm³/mol. The maximum atomic E-state index is 10.3. The number of aliphatic hydroxyl groups excluding tert-OH is 1. The van der Waals surface area contributed by atoms with Crippen LogP contribution in [0.25, 0.3) is 0 Å². The Balaban J connectivity index is 2.53. The number of carboxylic acid groups (broad SMARTS) is 1. The van der Waals surface area contributed by atoms with Crippen LogP contribution in [0, 0.1) is 17.2 Å². The number of amides is 1. The summed E-state index contributed by atoms with van der Waals surface area (Å²) in [4.78, 5) is 11.3. The van der Waals surface area contributed by atoms with Crippen molar-refractivity contribution in [3.63, 3.8) is 0 Å². The molecular weight excluding hydrogens is 160 g/mol. The van der Waals surface area contributed by atoms with Crippen LogP contribution in [0.3, 0.4) is 0 Å². The molecule has 0 aromatic carbocycles. The fourth-order valence-electron chi connectivity index (χ4n) is 1.25. The molecule has 0 saturated carbocycles. The fourth-order valence-corrected chi connectivity index (χ4v) is 1.25. The molecule has 0 spiro atoms. The molecule has 1 saturated heterocycles. The smallest absolute Gasteiger partial charge is 0.137 e. The van der Waals surface area contributed by atoms with E-state index < -0.39 is 18.1 Å². The normalized spacial score (nSPS) is 29.5. The van der Waals surface area contributed by atoms with Crippen molar-refractivity contribution in [2.75, 3.05) is 13.1 Å². The molecule has 0 aromatic heterocycles. The number of piperidine rings is 1. The van der Waals surface area contributed by atoms with Crippen LogP contribution in [-0.4, -0.2) is 35.3 Å². The lowest BCUT2D eigenvalue weighted by atomic mass is 9.96. The minimum atomic E-state index is -1.29. The minimum Gasteiger partial charge on any atom is -0.530 e. The molecule has 2 unspecified atom stereocenters. The van der Waals surface area contributed by atoms with E-state index in [2.05, 4.69) is 0 Å². The SMILES string of the molecule is N#CC1CCN(C(=O)[O-])CC1O. The van der Waals surface area contributed by atoms with Gasteiger partial charge in [0.15, 0.2) is 0 Å². The lowest BCUT2D eigenvalue weighted by molar-refractivity contribution is -0.268. The van der Waals surface area contributed by atoms with Gasteiger partial charge in [-0.2, -0.15) is 5.26 Å². The number of carbonyl (C=O) groups excluding carboxylic acids is 1. The number of β-amino-alcohol motifs (C(OH)–C–C–N with tert-alkyl or cyclic N) is 1. The number of rotatable bonds is 0. The molecule has 1 rings (SSSR count). The van der Waals surface area contributed by atoms with E-state index in [0.717, 1.165) is 4.90 Å². The van der Waals surface area contributed by atoms with Crippen LogP contribution in [0.2, 0.25) is 0 Å². The van der Waals surface area contributed by atoms with E-state index in [-0.39, 0.29) is 13.1 Å². The molecule has 5 heteroatoms. The number of carbonyl (C=O) groups is 1. The molecule has 66 valence electrons. The largest absolute Gasteiger partial charge is 0.530 e. The first kappa shape index (κ1) is 8.81. The van der Waals surface area contributed by atoms with Crippen molar-refractivity contribution in [1.82, 2.24) is 4.90 Å². The third-order valence-corrected chi connectivity index (χ3v) is 2.01. The summed E-state index contributed by atoms with van der Waals surface area (Å²) in [5.41, 5.74) is 0. The standard InChI is InChI=1S/C7H10N2O3/c8-3-5-1-2-9(7(11)12)4-6(5)10/h5-6,10H,1-2,4H2,(H,11,12)/p-1. The van der Waals surface area contributed by atoms with Gasteiger partial charge in [0.05, 0.1) is 18.1 Å². The minimum absolute atomic E-state index is 0.0133. The lowest BCUT2D eigenvalue weighted by Crippen LogP contribution is -2.50. The van der Waals surface area contributed by atoms with Gasteiger partial charge in [0.25, 0.3) is 0 Å². The Morgan fingerprint density at radius 1 is 1.75 bits per heavy atom. The van der Waals surface area contributed by atoms with E-state index in [0.29, 0.717) is 6.42 Å². The summed E-state index contributed by atoms with van der Waals surface area (Å²) in [6, 6.07) is 1.92. The second-order valence-corrected chi connectivity index (χ2v) is 2.80. The highest BCUT2D eigenvalue weighted by atomic mass is 16.4. The summed E-state index contributed by atoms with van der Waals surface area (Å²) in [6.45, 7) is 0.262. The molecular formula is C7H9N2O3-. The van der Waals surface area contributed by atoms with Crippen LogP contribution in [0.5, 0.6) is 0 Å². The average Bonchev–Trinajstić information content (AvgIpc) is 2.04. The summed E-state index contributed by atoms with van der Waals surface area (Å²) in [7, 11) is 0. The number of aliphatic hydroxyl groups is 1. The monoisotopic (exact) mass is 169 g/mol. The third kappa shape index (κ3) is 1.66. The van der Waals surface area contributed by atoms with Crippen LogP contribution >= 0.6 is 0 Å². The van der Waals surface area contributed by atoms with Gasteiger partial charge in [0.1, 0.15) is 6.09 Å². The van der Waals surface area contributed by atoms with Crippen molar-refractivity contribution in [3.8, 4) is 6.07 Å². The Bertz CT molecular complexity index is 223. The maximum absolute atomic E-state index is 10.3. The van der Waals surface area contributed by atoms with Crippen LogP contribution in [0.1, 0.15) is 6.42 Å². The molecule has 0 aromatic rings. The summed E-state index contributed by atoms with van der Waals surface area (Å²) in [6.07, 6.45) is -1.78.